The molecule has 5 heteroatoms. The first-order valence-electron chi connectivity index (χ1n) is 6.12. The lowest BCUT2D eigenvalue weighted by atomic mass is 10.1. The number of carbonyl (C=O) groups excluding carboxylic acids is 1. The van der Waals surface area contributed by atoms with E-state index in [1.807, 2.05) is 13.8 Å². The van der Waals surface area contributed by atoms with Crippen molar-refractivity contribution in [2.24, 2.45) is 0 Å². The summed E-state index contributed by atoms with van der Waals surface area (Å²) in [6.07, 6.45) is 3.00. The highest BCUT2D eigenvalue weighted by Crippen LogP contribution is 2.05. The van der Waals surface area contributed by atoms with E-state index in [2.05, 4.69) is 22.1 Å². The van der Waals surface area contributed by atoms with Crippen molar-refractivity contribution in [2.45, 2.75) is 20.0 Å². The van der Waals surface area contributed by atoms with Crippen molar-refractivity contribution in [1.82, 2.24) is 10.3 Å². The number of aliphatic hydroxyl groups excluding tert-OH is 1. The Morgan fingerprint density at radius 1 is 1.63 bits per heavy atom. The van der Waals surface area contributed by atoms with Crippen molar-refractivity contribution in [3.8, 4) is 11.8 Å². The molecule has 0 radical (unpaired) electrons. The van der Waals surface area contributed by atoms with Gasteiger partial charge in [0.2, 0.25) is 0 Å². The van der Waals surface area contributed by atoms with Gasteiger partial charge >= 0.3 is 0 Å². The van der Waals surface area contributed by atoms with Gasteiger partial charge < -0.3 is 15.2 Å². The predicted octanol–water partition coefficient (Wildman–Crippen LogP) is 0.580. The van der Waals surface area contributed by atoms with E-state index in [0.717, 1.165) is 0 Å². The summed E-state index contributed by atoms with van der Waals surface area (Å²) in [5.41, 5.74) is 0.942. The predicted molar refractivity (Wildman–Crippen MR) is 71.6 cm³/mol. The summed E-state index contributed by atoms with van der Waals surface area (Å²) in [5, 5.41) is 11.5. The summed E-state index contributed by atoms with van der Waals surface area (Å²) in [7, 11) is 0. The molecule has 0 aliphatic rings. The molecular formula is C14H18N2O3. The second-order valence-corrected chi connectivity index (χ2v) is 3.86. The Kier molecular flexibility index (Phi) is 6.58. The van der Waals surface area contributed by atoms with Crippen molar-refractivity contribution in [3.63, 3.8) is 0 Å². The van der Waals surface area contributed by atoms with Crippen LogP contribution in [0.15, 0.2) is 18.5 Å². The first-order chi connectivity index (χ1) is 9.19. The number of aromatic nitrogens is 1. The molecule has 0 saturated heterocycles. The average molecular weight is 262 g/mol. The molecule has 0 saturated carbocycles. The molecule has 0 aliphatic carbocycles. The van der Waals surface area contributed by atoms with Crippen molar-refractivity contribution in [2.75, 3.05) is 19.8 Å². The molecule has 102 valence electrons. The smallest absolute Gasteiger partial charge is 0.252 e. The van der Waals surface area contributed by atoms with Crippen LogP contribution < -0.4 is 5.32 Å². The van der Waals surface area contributed by atoms with Gasteiger partial charge in [-0.1, -0.05) is 11.8 Å². The van der Waals surface area contributed by atoms with Crippen LogP contribution >= 0.6 is 0 Å². The van der Waals surface area contributed by atoms with Crippen LogP contribution in [0.3, 0.4) is 0 Å². The minimum Gasteiger partial charge on any atom is -0.384 e. The lowest BCUT2D eigenvalue weighted by Gasteiger charge is -2.13. The van der Waals surface area contributed by atoms with Gasteiger partial charge in [-0.3, -0.25) is 9.78 Å². The normalized spacial score (nSPS) is 11.3. The fraction of sp³-hybridized carbons (Fsp3) is 0.429. The van der Waals surface area contributed by atoms with Gasteiger partial charge in [0, 0.05) is 25.5 Å². The number of pyridine rings is 1. The number of nitrogens with zero attached hydrogens (tertiary/aromatic N) is 1. The SMILES string of the molecule is CCOC(C)CNC(=O)c1ccncc1C#CCO. The summed E-state index contributed by atoms with van der Waals surface area (Å²) in [4.78, 5) is 15.9. The third kappa shape index (κ3) is 5.08. The van der Waals surface area contributed by atoms with Gasteiger partial charge in [-0.05, 0) is 19.9 Å². The third-order valence-electron chi connectivity index (χ3n) is 2.37. The Balaban J connectivity index is 2.71. The van der Waals surface area contributed by atoms with Gasteiger partial charge in [-0.2, -0.15) is 0 Å². The maximum absolute atomic E-state index is 12.0. The highest BCUT2D eigenvalue weighted by molar-refractivity contribution is 5.96. The molecule has 5 nitrogen and oxygen atoms in total. The Bertz CT molecular complexity index is 477. The second kappa shape index (κ2) is 8.25. The van der Waals surface area contributed by atoms with Crippen LogP contribution in [0, 0.1) is 11.8 Å². The minimum atomic E-state index is -0.253. The zero-order valence-electron chi connectivity index (χ0n) is 11.1. The number of ether oxygens (including phenoxy) is 1. The standard InChI is InChI=1S/C14H18N2O3/c1-3-19-11(2)9-16-14(18)13-6-7-15-10-12(13)5-4-8-17/h6-7,10-11,17H,3,8-9H2,1-2H3,(H,16,18). The van der Waals surface area contributed by atoms with Crippen LogP contribution in [0.2, 0.25) is 0 Å². The topological polar surface area (TPSA) is 71.5 Å². The molecule has 19 heavy (non-hydrogen) atoms. The molecule has 1 aromatic heterocycles. The molecule has 0 fully saturated rings. The molecule has 1 heterocycles. The van der Waals surface area contributed by atoms with Crippen LogP contribution in [0.25, 0.3) is 0 Å². The number of hydrogen-bond donors (Lipinski definition) is 2. The van der Waals surface area contributed by atoms with Gasteiger partial charge in [-0.25, -0.2) is 0 Å². The molecule has 1 unspecified atom stereocenters. The fourth-order valence-electron chi connectivity index (χ4n) is 1.50. The lowest BCUT2D eigenvalue weighted by molar-refractivity contribution is 0.0695. The van der Waals surface area contributed by atoms with E-state index in [1.165, 1.54) is 12.4 Å². The van der Waals surface area contributed by atoms with Gasteiger partial charge in [0.25, 0.3) is 5.91 Å². The second-order valence-electron chi connectivity index (χ2n) is 3.86. The van der Waals surface area contributed by atoms with Crippen molar-refractivity contribution >= 4 is 5.91 Å². The molecule has 0 bridgehead atoms. The Morgan fingerprint density at radius 3 is 3.11 bits per heavy atom. The lowest BCUT2D eigenvalue weighted by Crippen LogP contribution is -2.32. The maximum atomic E-state index is 12.0. The zero-order chi connectivity index (χ0) is 14.1. The van der Waals surface area contributed by atoms with Crippen molar-refractivity contribution < 1.29 is 14.6 Å². The highest BCUT2D eigenvalue weighted by atomic mass is 16.5. The third-order valence-corrected chi connectivity index (χ3v) is 2.37. The first-order valence-corrected chi connectivity index (χ1v) is 6.12. The number of rotatable bonds is 5. The molecule has 1 rings (SSSR count). The van der Waals surface area contributed by atoms with Gasteiger partial charge in [0.05, 0.1) is 17.2 Å². The average Bonchev–Trinajstić information content (AvgIpc) is 2.43. The summed E-state index contributed by atoms with van der Waals surface area (Å²) in [6.45, 7) is 4.59. The molecule has 0 aliphatic heterocycles. The molecule has 1 aromatic rings. The first kappa shape index (κ1) is 15.2. The summed E-state index contributed by atoms with van der Waals surface area (Å²) >= 11 is 0. The summed E-state index contributed by atoms with van der Waals surface area (Å²) < 4.78 is 5.34. The van der Waals surface area contributed by atoms with E-state index < -0.39 is 0 Å². The quantitative estimate of drug-likeness (QED) is 0.761. The Labute approximate surface area is 113 Å². The fourth-order valence-corrected chi connectivity index (χ4v) is 1.50. The minimum absolute atomic E-state index is 0.0391. The number of carbonyl (C=O) groups is 1. The van der Waals surface area contributed by atoms with Crippen LogP contribution in [0.1, 0.15) is 29.8 Å². The van der Waals surface area contributed by atoms with Crippen molar-refractivity contribution in [3.05, 3.63) is 29.6 Å². The largest absolute Gasteiger partial charge is 0.384 e. The van der Waals surface area contributed by atoms with E-state index in [-0.39, 0.29) is 18.6 Å². The van der Waals surface area contributed by atoms with Crippen LogP contribution in [-0.2, 0) is 4.74 Å². The number of nitrogens with one attached hydrogen (secondary N) is 1. The highest BCUT2D eigenvalue weighted by Gasteiger charge is 2.11. The van der Waals surface area contributed by atoms with E-state index in [9.17, 15) is 4.79 Å². The number of aliphatic hydroxyl groups is 1. The monoisotopic (exact) mass is 262 g/mol. The van der Waals surface area contributed by atoms with E-state index >= 15 is 0 Å². The van der Waals surface area contributed by atoms with Crippen LogP contribution in [-0.4, -0.2) is 41.9 Å². The molecule has 1 amide bonds. The summed E-state index contributed by atoms with van der Waals surface area (Å²) in [6, 6.07) is 1.60. The van der Waals surface area contributed by atoms with Crippen LogP contribution in [0.5, 0.6) is 0 Å². The zero-order valence-corrected chi connectivity index (χ0v) is 11.1. The maximum Gasteiger partial charge on any atom is 0.252 e. The Hall–Kier alpha value is -1.90. The van der Waals surface area contributed by atoms with E-state index in [1.54, 1.807) is 6.07 Å². The van der Waals surface area contributed by atoms with Crippen molar-refractivity contribution in [1.29, 1.82) is 0 Å². The van der Waals surface area contributed by atoms with E-state index in [0.29, 0.717) is 24.3 Å². The molecule has 0 aromatic carbocycles. The summed E-state index contributed by atoms with van der Waals surface area (Å²) in [5.74, 6) is 4.98. The van der Waals surface area contributed by atoms with Gasteiger partial charge in [-0.15, -0.1) is 0 Å². The van der Waals surface area contributed by atoms with Gasteiger partial charge in [0.1, 0.15) is 6.61 Å². The molecule has 1 atom stereocenters. The molecular weight excluding hydrogens is 244 g/mol. The number of amides is 1. The van der Waals surface area contributed by atoms with Crippen LogP contribution in [0.4, 0.5) is 0 Å². The molecule has 0 spiro atoms. The Morgan fingerprint density at radius 2 is 2.42 bits per heavy atom. The van der Waals surface area contributed by atoms with E-state index in [4.69, 9.17) is 9.84 Å². The number of hydrogen-bond acceptors (Lipinski definition) is 4. The molecule has 2 N–H and O–H groups in total. The van der Waals surface area contributed by atoms with Gasteiger partial charge in [0.15, 0.2) is 0 Å².